The maximum absolute atomic E-state index is 12.6. The number of benzene rings is 1. The molecule has 0 amide bonds. The Morgan fingerprint density at radius 2 is 2.09 bits per heavy atom. The molecule has 1 N–H and O–H groups in total. The van der Waals surface area contributed by atoms with Crippen molar-refractivity contribution in [1.82, 2.24) is 9.88 Å². The molecule has 3 rings (SSSR count). The van der Waals surface area contributed by atoms with Crippen molar-refractivity contribution in [2.24, 2.45) is 0 Å². The number of carbonyl (C=O) groups excluding carboxylic acids is 1. The van der Waals surface area contributed by atoms with Gasteiger partial charge in [-0.3, -0.25) is 9.69 Å². The fourth-order valence-electron chi connectivity index (χ4n) is 3.16. The lowest BCUT2D eigenvalue weighted by Crippen LogP contribution is -2.47. The largest absolute Gasteiger partial charge is 0.497 e. The summed E-state index contributed by atoms with van der Waals surface area (Å²) in [6, 6.07) is 5.72. The van der Waals surface area contributed by atoms with Crippen molar-refractivity contribution >= 4 is 16.7 Å². The molecule has 118 valence electrons. The van der Waals surface area contributed by atoms with Crippen LogP contribution in [0.4, 0.5) is 0 Å². The minimum absolute atomic E-state index is 0.137. The van der Waals surface area contributed by atoms with E-state index in [1.54, 1.807) is 13.3 Å². The van der Waals surface area contributed by atoms with Crippen LogP contribution in [0, 0.1) is 0 Å². The second kappa shape index (κ2) is 6.10. The predicted octanol–water partition coefficient (Wildman–Crippen LogP) is 2.47. The molecule has 5 heteroatoms. The molecule has 2 heterocycles. The zero-order valence-corrected chi connectivity index (χ0v) is 13.3. The molecule has 1 saturated heterocycles. The third-order valence-electron chi connectivity index (χ3n) is 4.05. The van der Waals surface area contributed by atoms with E-state index in [4.69, 9.17) is 9.47 Å². The Bertz CT molecular complexity index is 670. The van der Waals surface area contributed by atoms with Crippen LogP contribution in [-0.2, 0) is 4.74 Å². The fourth-order valence-corrected chi connectivity index (χ4v) is 3.16. The van der Waals surface area contributed by atoms with Crippen LogP contribution in [-0.4, -0.2) is 54.6 Å². The first-order chi connectivity index (χ1) is 10.6. The van der Waals surface area contributed by atoms with Gasteiger partial charge in [-0.2, -0.15) is 0 Å². The molecule has 2 atom stereocenters. The Balaban J connectivity index is 1.77. The number of fused-ring (bicyclic) bond motifs is 1. The zero-order chi connectivity index (χ0) is 15.7. The van der Waals surface area contributed by atoms with Crippen LogP contribution in [0.2, 0.25) is 0 Å². The number of hydrogen-bond donors (Lipinski definition) is 1. The summed E-state index contributed by atoms with van der Waals surface area (Å²) in [6.45, 7) is 6.12. The van der Waals surface area contributed by atoms with Crippen LogP contribution in [0.5, 0.6) is 5.75 Å². The fraction of sp³-hybridized carbons (Fsp3) is 0.471. The summed E-state index contributed by atoms with van der Waals surface area (Å²) in [7, 11) is 1.64. The van der Waals surface area contributed by atoms with Crippen molar-refractivity contribution in [3.8, 4) is 5.75 Å². The molecule has 0 saturated carbocycles. The first-order valence-corrected chi connectivity index (χ1v) is 7.63. The molecule has 1 fully saturated rings. The number of methoxy groups -OCH3 is 1. The van der Waals surface area contributed by atoms with E-state index in [0.29, 0.717) is 6.54 Å². The number of rotatable bonds is 4. The van der Waals surface area contributed by atoms with Gasteiger partial charge >= 0.3 is 0 Å². The molecule has 22 heavy (non-hydrogen) atoms. The van der Waals surface area contributed by atoms with Gasteiger partial charge < -0.3 is 14.5 Å². The lowest BCUT2D eigenvalue weighted by molar-refractivity contribution is -0.0652. The lowest BCUT2D eigenvalue weighted by Gasteiger charge is -2.34. The summed E-state index contributed by atoms with van der Waals surface area (Å²) in [6.07, 6.45) is 2.13. The van der Waals surface area contributed by atoms with Crippen molar-refractivity contribution in [3.63, 3.8) is 0 Å². The monoisotopic (exact) mass is 302 g/mol. The molecular weight excluding hydrogens is 280 g/mol. The molecule has 1 aliphatic heterocycles. The van der Waals surface area contributed by atoms with Gasteiger partial charge in [0.2, 0.25) is 0 Å². The maximum Gasteiger partial charge on any atom is 0.178 e. The van der Waals surface area contributed by atoms with E-state index in [0.717, 1.165) is 35.3 Å². The summed E-state index contributed by atoms with van der Waals surface area (Å²) >= 11 is 0. The van der Waals surface area contributed by atoms with E-state index in [1.807, 2.05) is 32.0 Å². The summed E-state index contributed by atoms with van der Waals surface area (Å²) < 4.78 is 10.9. The number of aromatic nitrogens is 1. The number of hydrogen-bond acceptors (Lipinski definition) is 4. The number of nitrogens with one attached hydrogen (secondary N) is 1. The molecule has 0 aliphatic carbocycles. The van der Waals surface area contributed by atoms with E-state index in [1.165, 1.54) is 0 Å². The minimum atomic E-state index is 0.137. The minimum Gasteiger partial charge on any atom is -0.497 e. The average molecular weight is 302 g/mol. The Morgan fingerprint density at radius 3 is 2.77 bits per heavy atom. The second-order valence-corrected chi connectivity index (χ2v) is 5.99. The van der Waals surface area contributed by atoms with Crippen LogP contribution in [0.1, 0.15) is 24.2 Å². The van der Waals surface area contributed by atoms with Crippen LogP contribution in [0.3, 0.4) is 0 Å². The highest BCUT2D eigenvalue weighted by atomic mass is 16.5. The van der Waals surface area contributed by atoms with E-state index in [9.17, 15) is 4.79 Å². The molecule has 1 aliphatic rings. The lowest BCUT2D eigenvalue weighted by atomic mass is 10.1. The van der Waals surface area contributed by atoms with Gasteiger partial charge in [0.1, 0.15) is 5.75 Å². The number of ketones is 1. The summed E-state index contributed by atoms with van der Waals surface area (Å²) in [5.41, 5.74) is 1.66. The average Bonchev–Trinajstić information content (AvgIpc) is 2.88. The van der Waals surface area contributed by atoms with Crippen LogP contribution < -0.4 is 4.74 Å². The second-order valence-electron chi connectivity index (χ2n) is 5.99. The number of nitrogens with zero attached hydrogens (tertiary/aromatic N) is 1. The zero-order valence-electron chi connectivity index (χ0n) is 13.3. The van der Waals surface area contributed by atoms with Gasteiger partial charge in [0.15, 0.2) is 5.78 Å². The molecule has 0 bridgehead atoms. The summed E-state index contributed by atoms with van der Waals surface area (Å²) in [4.78, 5) is 17.9. The molecule has 0 radical (unpaired) electrons. The smallest absolute Gasteiger partial charge is 0.178 e. The SMILES string of the molecule is COc1ccc2c(C(=O)CN3C[C@@H](C)O[C@@H](C)C3)c[nH]c2c1. The van der Waals surface area contributed by atoms with Gasteiger partial charge in [-0.1, -0.05) is 0 Å². The third-order valence-corrected chi connectivity index (χ3v) is 4.05. The number of aromatic amines is 1. The Kier molecular flexibility index (Phi) is 4.18. The van der Waals surface area contributed by atoms with Gasteiger partial charge in [0.05, 0.1) is 25.9 Å². The first kappa shape index (κ1) is 15.1. The molecular formula is C17H22N2O3. The first-order valence-electron chi connectivity index (χ1n) is 7.63. The number of morpholine rings is 1. The quantitative estimate of drug-likeness (QED) is 0.882. The molecule has 1 aromatic heterocycles. The van der Waals surface area contributed by atoms with Crippen LogP contribution in [0.25, 0.3) is 10.9 Å². The Labute approximate surface area is 130 Å². The molecule has 1 aromatic carbocycles. The van der Waals surface area contributed by atoms with E-state index >= 15 is 0 Å². The molecule has 2 aromatic rings. The van der Waals surface area contributed by atoms with E-state index in [2.05, 4.69) is 9.88 Å². The van der Waals surface area contributed by atoms with Gasteiger partial charge in [-0.25, -0.2) is 0 Å². The predicted molar refractivity (Wildman–Crippen MR) is 85.6 cm³/mol. The molecule has 0 unspecified atom stereocenters. The number of H-pyrrole nitrogens is 1. The van der Waals surface area contributed by atoms with E-state index < -0.39 is 0 Å². The van der Waals surface area contributed by atoms with Crippen molar-refractivity contribution < 1.29 is 14.3 Å². The van der Waals surface area contributed by atoms with Crippen LogP contribution >= 0.6 is 0 Å². The Morgan fingerprint density at radius 1 is 1.36 bits per heavy atom. The Hall–Kier alpha value is -1.85. The van der Waals surface area contributed by atoms with Gasteiger partial charge in [-0.15, -0.1) is 0 Å². The summed E-state index contributed by atoms with van der Waals surface area (Å²) in [5.74, 6) is 0.918. The highest BCUT2D eigenvalue weighted by Gasteiger charge is 2.24. The topological polar surface area (TPSA) is 54.6 Å². The van der Waals surface area contributed by atoms with Gasteiger partial charge in [0.25, 0.3) is 0 Å². The maximum atomic E-state index is 12.6. The number of Topliss-reactive ketones (excluding diaryl/α,β-unsaturated/α-hetero) is 1. The third kappa shape index (κ3) is 3.00. The van der Waals surface area contributed by atoms with Crippen molar-refractivity contribution in [1.29, 1.82) is 0 Å². The molecule has 5 nitrogen and oxygen atoms in total. The van der Waals surface area contributed by atoms with Gasteiger partial charge in [0, 0.05) is 41.8 Å². The molecule has 0 spiro atoms. The normalized spacial score (nSPS) is 22.9. The van der Waals surface area contributed by atoms with Gasteiger partial charge in [-0.05, 0) is 26.0 Å². The highest BCUT2D eigenvalue weighted by Crippen LogP contribution is 2.24. The number of ether oxygens (including phenoxy) is 2. The van der Waals surface area contributed by atoms with Crippen molar-refractivity contribution in [2.45, 2.75) is 26.1 Å². The van der Waals surface area contributed by atoms with Crippen LogP contribution in [0.15, 0.2) is 24.4 Å². The highest BCUT2D eigenvalue weighted by molar-refractivity contribution is 6.09. The van der Waals surface area contributed by atoms with Crippen molar-refractivity contribution in [2.75, 3.05) is 26.7 Å². The number of carbonyl (C=O) groups is 1. The summed E-state index contributed by atoms with van der Waals surface area (Å²) in [5, 5.41) is 0.945. The van der Waals surface area contributed by atoms with Crippen molar-refractivity contribution in [3.05, 3.63) is 30.0 Å². The standard InChI is InChI=1S/C17H22N2O3/c1-11-8-19(9-12(2)22-11)10-17(20)15-7-18-16-6-13(21-3)4-5-14(15)16/h4-7,11-12,18H,8-10H2,1-3H3/t11-,12+. The van der Waals surface area contributed by atoms with E-state index in [-0.39, 0.29) is 18.0 Å².